The number of hydrogen-bond donors (Lipinski definition) is 0. The first kappa shape index (κ1) is 26.2. The maximum atomic E-state index is 6.22. The summed E-state index contributed by atoms with van der Waals surface area (Å²) in [6.45, 7) is 0. The molecule has 0 bridgehead atoms. The van der Waals surface area contributed by atoms with Crippen LogP contribution >= 0.6 is 0 Å². The molecule has 8 aromatic carbocycles. The Morgan fingerprint density at radius 2 is 1.04 bits per heavy atom. The summed E-state index contributed by atoms with van der Waals surface area (Å²) < 4.78 is 6.22. The molecule has 1 heterocycles. The molecule has 0 radical (unpaired) electrons. The molecule has 0 aliphatic rings. The third-order valence-corrected chi connectivity index (χ3v) is 8.86. The lowest BCUT2D eigenvalue weighted by Gasteiger charge is -2.26. The summed E-state index contributed by atoms with van der Waals surface area (Å²) in [4.78, 5) is 7.27. The van der Waals surface area contributed by atoms with Gasteiger partial charge in [-0.3, -0.25) is 0 Å². The summed E-state index contributed by atoms with van der Waals surface area (Å²) in [5.74, 6) is 0.630. The van der Waals surface area contributed by atoms with Crippen molar-refractivity contribution in [2.24, 2.45) is 0 Å². The fourth-order valence-corrected chi connectivity index (χ4v) is 6.65. The van der Waals surface area contributed by atoms with Gasteiger partial charge in [-0.2, -0.15) is 0 Å². The van der Waals surface area contributed by atoms with E-state index in [0.29, 0.717) is 5.89 Å². The number of anilines is 3. The Morgan fingerprint density at radius 1 is 0.413 bits per heavy atom. The molecule has 0 fully saturated rings. The van der Waals surface area contributed by atoms with E-state index in [9.17, 15) is 0 Å². The van der Waals surface area contributed by atoms with Crippen LogP contribution in [0.5, 0.6) is 0 Å². The Kier molecular flexibility index (Phi) is 6.14. The van der Waals surface area contributed by atoms with E-state index in [2.05, 4.69) is 138 Å². The highest BCUT2D eigenvalue weighted by Gasteiger charge is 2.17. The monoisotopic (exact) mass is 588 g/mol. The van der Waals surface area contributed by atoms with Gasteiger partial charge < -0.3 is 9.32 Å². The van der Waals surface area contributed by atoms with Gasteiger partial charge in [0.05, 0.1) is 0 Å². The smallest absolute Gasteiger partial charge is 0.227 e. The summed E-state index contributed by atoms with van der Waals surface area (Å²) >= 11 is 0. The van der Waals surface area contributed by atoms with Crippen LogP contribution in [0.3, 0.4) is 0 Å². The van der Waals surface area contributed by atoms with Crippen LogP contribution in [0.4, 0.5) is 17.1 Å². The predicted molar refractivity (Wildman–Crippen MR) is 192 cm³/mol. The lowest BCUT2D eigenvalue weighted by atomic mass is 9.93. The zero-order valence-corrected chi connectivity index (χ0v) is 25.0. The molecule has 46 heavy (non-hydrogen) atoms. The van der Waals surface area contributed by atoms with Gasteiger partial charge in [-0.05, 0) is 98.7 Å². The maximum absolute atomic E-state index is 6.22. The van der Waals surface area contributed by atoms with Gasteiger partial charge in [-0.1, -0.05) is 109 Å². The number of hydrogen-bond acceptors (Lipinski definition) is 3. The first-order valence-corrected chi connectivity index (χ1v) is 15.5. The standard InChI is InChI=1S/C43H28N2O/c1-3-11-31(12-4-1)43-44-42-40-28-35(25-21-30(40)22-26-41(42)46-43)45(33-14-5-2-6-15-33)34-23-19-29(20-24-34)39-27-32-13-7-8-16-36(32)37-17-9-10-18-38(37)39/h1-28H. The van der Waals surface area contributed by atoms with Crippen molar-refractivity contribution < 1.29 is 4.42 Å². The zero-order chi connectivity index (χ0) is 30.5. The number of aromatic nitrogens is 1. The van der Waals surface area contributed by atoms with Crippen molar-refractivity contribution in [1.29, 1.82) is 0 Å². The van der Waals surface area contributed by atoms with Crippen LogP contribution in [0.1, 0.15) is 0 Å². The van der Waals surface area contributed by atoms with Crippen molar-refractivity contribution in [2.75, 3.05) is 4.90 Å². The molecule has 0 spiro atoms. The number of nitrogens with zero attached hydrogens (tertiary/aromatic N) is 2. The summed E-state index contributed by atoms with van der Waals surface area (Å²) in [6, 6.07) is 59.9. The van der Waals surface area contributed by atoms with E-state index in [1.54, 1.807) is 0 Å². The van der Waals surface area contributed by atoms with Crippen LogP contribution in [0.25, 0.3) is 66.0 Å². The summed E-state index contributed by atoms with van der Waals surface area (Å²) in [6.07, 6.45) is 0. The minimum atomic E-state index is 0.630. The molecule has 1 aromatic heterocycles. The number of oxazole rings is 1. The molecular formula is C43H28N2O. The van der Waals surface area contributed by atoms with E-state index in [1.807, 2.05) is 36.4 Å². The average Bonchev–Trinajstić information content (AvgIpc) is 3.58. The van der Waals surface area contributed by atoms with E-state index < -0.39 is 0 Å². The molecule has 216 valence electrons. The Hall–Kier alpha value is -6.19. The first-order valence-electron chi connectivity index (χ1n) is 15.5. The Morgan fingerprint density at radius 3 is 1.85 bits per heavy atom. The summed E-state index contributed by atoms with van der Waals surface area (Å²) in [5, 5.41) is 7.24. The molecule has 0 N–H and O–H groups in total. The number of para-hydroxylation sites is 1. The van der Waals surface area contributed by atoms with Crippen molar-refractivity contribution in [3.05, 3.63) is 170 Å². The highest BCUT2D eigenvalue weighted by Crippen LogP contribution is 2.40. The van der Waals surface area contributed by atoms with Gasteiger partial charge in [-0.25, -0.2) is 4.98 Å². The molecule has 9 aromatic rings. The molecular weight excluding hydrogens is 560 g/mol. The Balaban J connectivity index is 1.18. The fraction of sp³-hybridized carbons (Fsp3) is 0. The molecule has 0 saturated heterocycles. The third kappa shape index (κ3) is 4.41. The van der Waals surface area contributed by atoms with Gasteiger partial charge in [0.1, 0.15) is 5.52 Å². The normalized spacial score (nSPS) is 11.5. The third-order valence-electron chi connectivity index (χ3n) is 8.86. The van der Waals surface area contributed by atoms with Gasteiger partial charge in [-0.15, -0.1) is 0 Å². The predicted octanol–water partition coefficient (Wildman–Crippen LogP) is 12.1. The van der Waals surface area contributed by atoms with Crippen molar-refractivity contribution in [2.45, 2.75) is 0 Å². The van der Waals surface area contributed by atoms with E-state index in [4.69, 9.17) is 9.40 Å². The lowest BCUT2D eigenvalue weighted by Crippen LogP contribution is -2.09. The first-order chi connectivity index (χ1) is 22.8. The number of benzene rings is 8. The Labute approximate surface area is 266 Å². The van der Waals surface area contributed by atoms with Crippen LogP contribution in [0.15, 0.2) is 174 Å². The van der Waals surface area contributed by atoms with Crippen molar-refractivity contribution >= 4 is 60.5 Å². The van der Waals surface area contributed by atoms with Gasteiger partial charge in [0.25, 0.3) is 0 Å². The molecule has 0 unspecified atom stereocenters. The second-order valence-corrected chi connectivity index (χ2v) is 11.6. The molecule has 0 saturated carbocycles. The van der Waals surface area contributed by atoms with Crippen molar-refractivity contribution in [1.82, 2.24) is 4.98 Å². The molecule has 9 rings (SSSR count). The molecule has 3 nitrogen and oxygen atoms in total. The van der Waals surface area contributed by atoms with E-state index in [0.717, 1.165) is 44.5 Å². The fourth-order valence-electron chi connectivity index (χ4n) is 6.65. The number of rotatable bonds is 5. The van der Waals surface area contributed by atoms with Gasteiger partial charge in [0, 0.05) is 28.0 Å². The molecule has 0 aliphatic heterocycles. The zero-order valence-electron chi connectivity index (χ0n) is 25.0. The van der Waals surface area contributed by atoms with Crippen LogP contribution in [-0.4, -0.2) is 4.98 Å². The topological polar surface area (TPSA) is 29.3 Å². The second kappa shape index (κ2) is 10.8. The second-order valence-electron chi connectivity index (χ2n) is 11.6. The van der Waals surface area contributed by atoms with Gasteiger partial charge in [0.2, 0.25) is 5.89 Å². The highest BCUT2D eigenvalue weighted by molar-refractivity contribution is 6.14. The largest absolute Gasteiger partial charge is 0.436 e. The minimum Gasteiger partial charge on any atom is -0.436 e. The molecule has 0 aliphatic carbocycles. The van der Waals surface area contributed by atoms with Crippen LogP contribution in [0.2, 0.25) is 0 Å². The van der Waals surface area contributed by atoms with Crippen molar-refractivity contribution in [3.63, 3.8) is 0 Å². The molecule has 0 atom stereocenters. The average molecular weight is 589 g/mol. The Bertz CT molecular complexity index is 2520. The summed E-state index contributed by atoms with van der Waals surface area (Å²) in [7, 11) is 0. The minimum absolute atomic E-state index is 0.630. The van der Waals surface area contributed by atoms with Gasteiger partial charge >= 0.3 is 0 Å². The molecule has 0 amide bonds. The lowest BCUT2D eigenvalue weighted by molar-refractivity contribution is 0.620. The van der Waals surface area contributed by atoms with Crippen LogP contribution in [-0.2, 0) is 0 Å². The van der Waals surface area contributed by atoms with Crippen LogP contribution in [0, 0.1) is 0 Å². The van der Waals surface area contributed by atoms with E-state index >= 15 is 0 Å². The van der Waals surface area contributed by atoms with Gasteiger partial charge in [0.15, 0.2) is 5.58 Å². The molecule has 3 heteroatoms. The van der Waals surface area contributed by atoms with Crippen molar-refractivity contribution in [3.8, 4) is 22.6 Å². The quantitative estimate of drug-likeness (QED) is 0.187. The number of fused-ring (bicyclic) bond motifs is 6. The highest BCUT2D eigenvalue weighted by atomic mass is 16.3. The van der Waals surface area contributed by atoms with E-state index in [1.165, 1.54) is 32.7 Å². The van der Waals surface area contributed by atoms with E-state index in [-0.39, 0.29) is 0 Å². The summed E-state index contributed by atoms with van der Waals surface area (Å²) in [5.41, 5.74) is 8.26. The SMILES string of the molecule is c1ccc(-c2nc3c(ccc4ccc(N(c5ccccc5)c5ccc(-c6cc7ccccc7c7ccccc67)cc5)cc43)o2)cc1. The maximum Gasteiger partial charge on any atom is 0.227 e. The van der Waals surface area contributed by atoms with Crippen LogP contribution < -0.4 is 4.90 Å².